The molecular weight excluding hydrogens is 556 g/mol. The molecule has 1 aliphatic carbocycles. The zero-order valence-corrected chi connectivity index (χ0v) is 30.5. The molecular formula is C39H68N4O2. The number of likely N-dealkylation sites (tertiary alicyclic amines) is 1. The molecule has 1 aliphatic heterocycles. The number of hydrogen-bond acceptors (Lipinski definition) is 4. The van der Waals surface area contributed by atoms with Crippen molar-refractivity contribution in [3.63, 3.8) is 0 Å². The van der Waals surface area contributed by atoms with Gasteiger partial charge >= 0.3 is 6.03 Å². The van der Waals surface area contributed by atoms with E-state index >= 15 is 0 Å². The van der Waals surface area contributed by atoms with E-state index in [1.54, 1.807) is 6.92 Å². The number of nitrogens with one attached hydrogen (secondary N) is 3. The first-order valence-electron chi connectivity index (χ1n) is 17.8. The van der Waals surface area contributed by atoms with Crippen LogP contribution in [0.15, 0.2) is 48.9 Å². The van der Waals surface area contributed by atoms with Gasteiger partial charge in [-0.15, -0.1) is 6.58 Å². The van der Waals surface area contributed by atoms with Gasteiger partial charge in [-0.2, -0.15) is 0 Å². The van der Waals surface area contributed by atoms with Crippen LogP contribution in [0.1, 0.15) is 133 Å². The maximum atomic E-state index is 13.8. The predicted octanol–water partition coefficient (Wildman–Crippen LogP) is 9.06. The molecule has 1 saturated heterocycles. The van der Waals surface area contributed by atoms with E-state index < -0.39 is 0 Å². The van der Waals surface area contributed by atoms with Crippen molar-refractivity contribution >= 4 is 11.8 Å². The molecule has 2 aliphatic rings. The fraction of sp³-hybridized carbons (Fsp3) is 0.744. The Kier molecular flexibility index (Phi) is 14.5. The van der Waals surface area contributed by atoms with Crippen molar-refractivity contribution in [2.45, 2.75) is 157 Å². The summed E-state index contributed by atoms with van der Waals surface area (Å²) < 4.78 is 0. The monoisotopic (exact) mass is 625 g/mol. The van der Waals surface area contributed by atoms with Crippen molar-refractivity contribution in [1.82, 2.24) is 20.9 Å². The smallest absolute Gasteiger partial charge is 0.315 e. The summed E-state index contributed by atoms with van der Waals surface area (Å²) in [5, 5.41) is 10.5. The van der Waals surface area contributed by atoms with E-state index in [1.807, 2.05) is 6.92 Å². The van der Waals surface area contributed by atoms with Crippen LogP contribution in [0.5, 0.6) is 0 Å². The molecule has 1 saturated carbocycles. The number of urea groups is 1. The molecule has 5 atom stereocenters. The molecule has 2 fully saturated rings. The van der Waals surface area contributed by atoms with E-state index in [0.717, 1.165) is 74.9 Å². The van der Waals surface area contributed by atoms with Crippen LogP contribution in [0.3, 0.4) is 0 Å². The molecule has 0 radical (unpaired) electrons. The molecule has 6 nitrogen and oxygen atoms in total. The Bertz CT molecular complexity index is 1060. The van der Waals surface area contributed by atoms with Crippen molar-refractivity contribution in [2.24, 2.45) is 22.7 Å². The van der Waals surface area contributed by atoms with Gasteiger partial charge in [-0.05, 0) is 75.0 Å². The van der Waals surface area contributed by atoms with Crippen LogP contribution in [0.25, 0.3) is 0 Å². The summed E-state index contributed by atoms with van der Waals surface area (Å²) in [6, 6.07) is -0.401. The molecule has 0 spiro atoms. The fourth-order valence-electron chi connectivity index (χ4n) is 7.38. The normalized spacial score (nSPS) is 21.4. The van der Waals surface area contributed by atoms with E-state index in [-0.39, 0.29) is 46.8 Å². The van der Waals surface area contributed by atoms with Crippen LogP contribution in [0, 0.1) is 22.7 Å². The third-order valence-electron chi connectivity index (χ3n) is 10.8. The standard InChI is InChI=1S/C39H68N4O2/c1-14-19-33(27(5)30(8)44)40-28(6)36-32(39(12,13)15-2)24-25-43(36)29(7)35(31-20-17-16-18-21-31)42-37(45)41-34(38(9,10)11)23-22-26(3)4/h31-36,40H,3,5-7,14-25H2,1-2,4,8-13H3,(H2,41,42,45)/t32-,33?,34?,35?,36?/m0/s1. The quantitative estimate of drug-likeness (QED) is 0.112. The third kappa shape index (κ3) is 10.8. The van der Waals surface area contributed by atoms with Crippen molar-refractivity contribution in [2.75, 3.05) is 6.54 Å². The van der Waals surface area contributed by atoms with Crippen molar-refractivity contribution in [1.29, 1.82) is 0 Å². The van der Waals surface area contributed by atoms with Gasteiger partial charge in [0.05, 0.1) is 18.1 Å². The highest BCUT2D eigenvalue weighted by Gasteiger charge is 2.46. The zero-order chi connectivity index (χ0) is 34.1. The summed E-state index contributed by atoms with van der Waals surface area (Å²) in [5.41, 5.74) is 3.63. The largest absolute Gasteiger partial charge is 0.380 e. The summed E-state index contributed by atoms with van der Waals surface area (Å²) in [6.45, 7) is 37.7. The topological polar surface area (TPSA) is 73.5 Å². The summed E-state index contributed by atoms with van der Waals surface area (Å²) >= 11 is 0. The number of allylic oxidation sites excluding steroid dienone is 1. The van der Waals surface area contributed by atoms with E-state index in [4.69, 9.17) is 6.58 Å². The van der Waals surface area contributed by atoms with Gasteiger partial charge in [-0.25, -0.2) is 4.79 Å². The Labute approximate surface area is 277 Å². The van der Waals surface area contributed by atoms with Gasteiger partial charge in [0.1, 0.15) is 0 Å². The minimum Gasteiger partial charge on any atom is -0.380 e. The molecule has 2 amide bonds. The molecule has 45 heavy (non-hydrogen) atoms. The number of ketones is 1. The number of hydrogen-bond donors (Lipinski definition) is 3. The van der Waals surface area contributed by atoms with Crippen molar-refractivity contribution in [3.8, 4) is 0 Å². The van der Waals surface area contributed by atoms with Gasteiger partial charge in [-0.3, -0.25) is 4.79 Å². The van der Waals surface area contributed by atoms with Crippen molar-refractivity contribution < 1.29 is 9.59 Å². The van der Waals surface area contributed by atoms with Crippen LogP contribution < -0.4 is 16.0 Å². The van der Waals surface area contributed by atoms with E-state index in [2.05, 4.69) is 89.1 Å². The first-order chi connectivity index (χ1) is 20.9. The lowest BCUT2D eigenvalue weighted by atomic mass is 9.72. The Morgan fingerprint density at radius 3 is 2.00 bits per heavy atom. The van der Waals surface area contributed by atoms with Gasteiger partial charge in [-0.1, -0.05) is 106 Å². The number of carbonyl (C=O) groups is 2. The Balaban J connectivity index is 2.43. The number of amides is 2. The number of Topliss-reactive ketones (excluding diaryl/α,β-unsaturated/α-hetero) is 1. The Hall–Kier alpha value is -2.50. The molecule has 0 aromatic heterocycles. The first-order valence-corrected chi connectivity index (χ1v) is 17.8. The molecule has 0 bridgehead atoms. The maximum absolute atomic E-state index is 13.8. The van der Waals surface area contributed by atoms with Crippen LogP contribution in [0.4, 0.5) is 4.79 Å². The van der Waals surface area contributed by atoms with E-state index in [1.165, 1.54) is 19.3 Å². The van der Waals surface area contributed by atoms with Gasteiger partial charge in [0.25, 0.3) is 0 Å². The lowest BCUT2D eigenvalue weighted by molar-refractivity contribution is -0.113. The maximum Gasteiger partial charge on any atom is 0.315 e. The second kappa shape index (κ2) is 16.9. The number of carbonyl (C=O) groups excluding carboxylic acids is 2. The van der Waals surface area contributed by atoms with Crippen LogP contribution in [0.2, 0.25) is 0 Å². The third-order valence-corrected chi connectivity index (χ3v) is 10.8. The SMILES string of the molecule is C=C(C)CCC(NC(=O)NC(C(=C)N1CC[C@H](C(C)(C)CC)C1C(=C)NC(CCC)C(=C)C(C)=O)C1CCCCC1)C(C)(C)C. The fourth-order valence-corrected chi connectivity index (χ4v) is 7.38. The average molecular weight is 625 g/mol. The van der Waals surface area contributed by atoms with Crippen LogP contribution in [-0.2, 0) is 4.79 Å². The second-order valence-corrected chi connectivity index (χ2v) is 15.9. The Morgan fingerprint density at radius 2 is 1.49 bits per heavy atom. The molecule has 6 heteroatoms. The average Bonchev–Trinajstić information content (AvgIpc) is 3.43. The molecule has 0 aromatic rings. The number of rotatable bonds is 17. The molecule has 3 N–H and O–H groups in total. The van der Waals surface area contributed by atoms with Crippen LogP contribution in [-0.4, -0.2) is 47.4 Å². The molecule has 0 aromatic carbocycles. The van der Waals surface area contributed by atoms with Crippen LogP contribution >= 0.6 is 0 Å². The van der Waals surface area contributed by atoms with Gasteiger partial charge in [0.2, 0.25) is 0 Å². The summed E-state index contributed by atoms with van der Waals surface area (Å²) in [6.07, 6.45) is 11.3. The minimum absolute atomic E-state index is 0.000376. The highest BCUT2D eigenvalue weighted by molar-refractivity contribution is 5.93. The molecule has 256 valence electrons. The predicted molar refractivity (Wildman–Crippen MR) is 192 cm³/mol. The number of nitrogens with zero attached hydrogens (tertiary/aromatic N) is 1. The second-order valence-electron chi connectivity index (χ2n) is 15.9. The first kappa shape index (κ1) is 38.7. The Morgan fingerprint density at radius 1 is 0.867 bits per heavy atom. The zero-order valence-electron chi connectivity index (χ0n) is 30.5. The summed E-state index contributed by atoms with van der Waals surface area (Å²) in [5.74, 6) is 0.697. The lowest BCUT2D eigenvalue weighted by Crippen LogP contribution is -2.55. The highest BCUT2D eigenvalue weighted by Crippen LogP contribution is 2.45. The summed E-state index contributed by atoms with van der Waals surface area (Å²) in [4.78, 5) is 28.6. The molecule has 1 heterocycles. The van der Waals surface area contributed by atoms with E-state index in [0.29, 0.717) is 17.4 Å². The minimum atomic E-state index is -0.163. The van der Waals surface area contributed by atoms with E-state index in [9.17, 15) is 9.59 Å². The molecule has 4 unspecified atom stereocenters. The van der Waals surface area contributed by atoms with Gasteiger partial charge in [0, 0.05) is 29.6 Å². The van der Waals surface area contributed by atoms with Gasteiger partial charge < -0.3 is 20.9 Å². The van der Waals surface area contributed by atoms with Crippen molar-refractivity contribution in [3.05, 3.63) is 48.9 Å². The van der Waals surface area contributed by atoms with Gasteiger partial charge in [0.15, 0.2) is 5.78 Å². The lowest BCUT2D eigenvalue weighted by Gasteiger charge is -2.43. The highest BCUT2D eigenvalue weighted by atomic mass is 16.2. The molecule has 2 rings (SSSR count). The summed E-state index contributed by atoms with van der Waals surface area (Å²) in [7, 11) is 0.